The van der Waals surface area contributed by atoms with E-state index in [0.29, 0.717) is 26.2 Å². The highest BCUT2D eigenvalue weighted by Gasteiger charge is 2.08. The topological polar surface area (TPSA) is 120 Å². The average molecular weight is 379 g/mol. The average Bonchev–Trinajstić information content (AvgIpc) is 3.38. The Morgan fingerprint density at radius 2 is 1.35 bits per heavy atom. The zero-order valence-electron chi connectivity index (χ0n) is 16.3. The van der Waals surface area contributed by atoms with Crippen molar-refractivity contribution in [1.82, 2.24) is 0 Å². The molecule has 2 heterocycles. The summed E-state index contributed by atoms with van der Waals surface area (Å²) in [6.45, 7) is 5.67. The molecule has 1 aromatic heterocycles. The normalized spacial score (nSPS) is 11.2. The number of carbonyl (C=O) groups excluding carboxylic acids is 1. The van der Waals surface area contributed by atoms with Crippen molar-refractivity contribution in [2.75, 3.05) is 33.0 Å². The van der Waals surface area contributed by atoms with Gasteiger partial charge in [0.2, 0.25) is 0 Å². The molecular weight excluding hydrogens is 340 g/mol. The number of rotatable bonds is 6. The van der Waals surface area contributed by atoms with E-state index in [1.165, 1.54) is 0 Å². The first-order chi connectivity index (χ1) is 12.6. The number of hydrogen-bond donors (Lipinski definition) is 4. The van der Waals surface area contributed by atoms with Crippen LogP contribution in [0.25, 0.3) is 0 Å². The summed E-state index contributed by atoms with van der Waals surface area (Å²) >= 11 is 0. The molecule has 0 atom stereocenters. The van der Waals surface area contributed by atoms with Crippen molar-refractivity contribution in [2.24, 2.45) is 0 Å². The van der Waals surface area contributed by atoms with Gasteiger partial charge in [-0.3, -0.25) is 4.79 Å². The number of furan rings is 1. The van der Waals surface area contributed by atoms with E-state index in [0.717, 1.165) is 38.5 Å². The number of aliphatic hydroxyl groups is 4. The summed E-state index contributed by atoms with van der Waals surface area (Å²) in [5, 5.41) is 32.1. The molecule has 0 radical (unpaired) electrons. The molecule has 1 aliphatic rings. The number of esters is 1. The lowest BCUT2D eigenvalue weighted by molar-refractivity contribution is -0.137. The van der Waals surface area contributed by atoms with Gasteiger partial charge in [-0.25, -0.2) is 0 Å². The van der Waals surface area contributed by atoms with E-state index in [9.17, 15) is 4.79 Å². The van der Waals surface area contributed by atoms with Crippen LogP contribution in [0.3, 0.4) is 0 Å². The molecule has 0 aliphatic carbocycles. The molecule has 0 spiro atoms. The second-order valence-corrected chi connectivity index (χ2v) is 5.07. The summed E-state index contributed by atoms with van der Waals surface area (Å²) in [5.41, 5.74) is 0. The summed E-state index contributed by atoms with van der Waals surface area (Å²) < 4.78 is 9.10. The van der Waals surface area contributed by atoms with Gasteiger partial charge in [0.1, 0.15) is 0 Å². The fourth-order valence-electron chi connectivity index (χ4n) is 1.08. The fourth-order valence-corrected chi connectivity index (χ4v) is 1.08. The van der Waals surface area contributed by atoms with Crippen molar-refractivity contribution in [3.05, 3.63) is 24.7 Å². The molecule has 1 aliphatic heterocycles. The number of carbonyl (C=O) groups is 1. The van der Waals surface area contributed by atoms with Crippen molar-refractivity contribution in [3.63, 3.8) is 0 Å². The monoisotopic (exact) mass is 378 g/mol. The lowest BCUT2D eigenvalue weighted by atomic mass is 10.3. The van der Waals surface area contributed by atoms with Gasteiger partial charge in [0, 0.05) is 32.8 Å². The van der Waals surface area contributed by atoms with Crippen molar-refractivity contribution < 1.29 is 34.4 Å². The zero-order chi connectivity index (χ0) is 20.3. The SMILES string of the molecule is CCCCO.CCCO.O=C1CCCO1.OCCCCO.c1ccoc1. The zero-order valence-corrected chi connectivity index (χ0v) is 16.3. The number of ether oxygens (including phenoxy) is 1. The van der Waals surface area contributed by atoms with Crippen molar-refractivity contribution in [3.8, 4) is 0 Å². The highest BCUT2D eigenvalue weighted by atomic mass is 16.5. The van der Waals surface area contributed by atoms with E-state index in [-0.39, 0.29) is 19.2 Å². The highest BCUT2D eigenvalue weighted by molar-refractivity contribution is 5.70. The second-order valence-electron chi connectivity index (χ2n) is 5.07. The third-order valence-corrected chi connectivity index (χ3v) is 2.52. The number of hydrogen-bond acceptors (Lipinski definition) is 7. The van der Waals surface area contributed by atoms with E-state index in [2.05, 4.69) is 16.1 Å². The minimum Gasteiger partial charge on any atom is -0.473 e. The maximum absolute atomic E-state index is 10.0. The Bertz CT molecular complexity index is 282. The smallest absolute Gasteiger partial charge is 0.305 e. The Kier molecular flexibility index (Phi) is 35.4. The molecule has 1 saturated heterocycles. The summed E-state index contributed by atoms with van der Waals surface area (Å²) in [5.74, 6) is -0.0463. The van der Waals surface area contributed by atoms with Crippen LogP contribution in [-0.2, 0) is 9.53 Å². The van der Waals surface area contributed by atoms with Gasteiger partial charge in [0.25, 0.3) is 0 Å². The van der Waals surface area contributed by atoms with Crippen LogP contribution >= 0.6 is 0 Å². The summed E-state index contributed by atoms with van der Waals surface area (Å²) in [7, 11) is 0. The predicted octanol–water partition coefficient (Wildman–Crippen LogP) is 2.52. The van der Waals surface area contributed by atoms with Crippen molar-refractivity contribution >= 4 is 5.97 Å². The minimum atomic E-state index is -0.0463. The largest absolute Gasteiger partial charge is 0.473 e. The summed E-state index contributed by atoms with van der Waals surface area (Å²) in [6, 6.07) is 3.67. The van der Waals surface area contributed by atoms with E-state index >= 15 is 0 Å². The van der Waals surface area contributed by atoms with Crippen LogP contribution in [0.2, 0.25) is 0 Å². The lowest BCUT2D eigenvalue weighted by Crippen LogP contribution is -1.88. The van der Waals surface area contributed by atoms with Gasteiger partial charge in [0.15, 0.2) is 0 Å². The Hall–Kier alpha value is -1.41. The van der Waals surface area contributed by atoms with Crippen molar-refractivity contribution in [1.29, 1.82) is 0 Å². The van der Waals surface area contributed by atoms with Gasteiger partial charge in [0.05, 0.1) is 19.1 Å². The van der Waals surface area contributed by atoms with E-state index in [4.69, 9.17) is 20.4 Å². The molecule has 156 valence electrons. The van der Waals surface area contributed by atoms with Gasteiger partial charge >= 0.3 is 5.97 Å². The molecule has 0 unspecified atom stereocenters. The second kappa shape index (κ2) is 31.4. The molecule has 1 aromatic rings. The van der Waals surface area contributed by atoms with E-state index in [1.54, 1.807) is 12.5 Å². The molecule has 0 aromatic carbocycles. The minimum absolute atomic E-state index is 0.0463. The fraction of sp³-hybridized carbons (Fsp3) is 0.737. The molecule has 0 saturated carbocycles. The first kappa shape index (κ1) is 29.4. The van der Waals surface area contributed by atoms with Gasteiger partial charge in [-0.2, -0.15) is 0 Å². The molecule has 26 heavy (non-hydrogen) atoms. The van der Waals surface area contributed by atoms with Crippen LogP contribution in [-0.4, -0.2) is 59.4 Å². The van der Waals surface area contributed by atoms with Crippen LogP contribution < -0.4 is 0 Å². The first-order valence-corrected chi connectivity index (χ1v) is 9.20. The molecule has 7 heteroatoms. The standard InChI is InChI=1S/C4H6O2.C4H10O2.C4H4O.C4H10O.C3H8O/c5-4-2-1-3-6-4;5-3-1-2-4-6;1-2-4-5-3-1;1-2-3-4-5;1-2-3-4/h1-3H2;5-6H,1-4H2;1-4H;5H,2-4H2,1H3;4H,2-3H2,1H3. The Morgan fingerprint density at radius 3 is 1.46 bits per heavy atom. The third-order valence-electron chi connectivity index (χ3n) is 2.52. The number of unbranched alkanes of at least 4 members (excludes halogenated alkanes) is 2. The quantitative estimate of drug-likeness (QED) is 0.443. The van der Waals surface area contributed by atoms with Crippen LogP contribution in [0.1, 0.15) is 58.8 Å². The van der Waals surface area contributed by atoms with E-state index in [1.807, 2.05) is 19.1 Å². The molecule has 0 amide bonds. The van der Waals surface area contributed by atoms with Crippen LogP contribution in [0.15, 0.2) is 29.1 Å². The molecule has 4 N–H and O–H groups in total. The molecular formula is C19H38O7. The maximum atomic E-state index is 10.0. The summed E-state index contributed by atoms with van der Waals surface area (Å²) in [4.78, 5) is 10.0. The molecule has 1 fully saturated rings. The van der Waals surface area contributed by atoms with Gasteiger partial charge in [-0.05, 0) is 44.2 Å². The van der Waals surface area contributed by atoms with Crippen LogP contribution in [0, 0.1) is 0 Å². The Labute approximate surface area is 157 Å². The van der Waals surface area contributed by atoms with Crippen LogP contribution in [0.5, 0.6) is 0 Å². The third kappa shape index (κ3) is 38.3. The van der Waals surface area contributed by atoms with Gasteiger partial charge in [-0.1, -0.05) is 20.3 Å². The van der Waals surface area contributed by atoms with Gasteiger partial charge < -0.3 is 29.6 Å². The highest BCUT2D eigenvalue weighted by Crippen LogP contribution is 2.01. The predicted molar refractivity (Wildman–Crippen MR) is 102 cm³/mol. The Morgan fingerprint density at radius 1 is 0.846 bits per heavy atom. The van der Waals surface area contributed by atoms with Gasteiger partial charge in [-0.15, -0.1) is 0 Å². The van der Waals surface area contributed by atoms with E-state index < -0.39 is 0 Å². The maximum Gasteiger partial charge on any atom is 0.305 e. The lowest BCUT2D eigenvalue weighted by Gasteiger charge is -1.85. The molecule has 0 bridgehead atoms. The number of aliphatic hydroxyl groups excluding tert-OH is 4. The Balaban J connectivity index is -0.000000256. The van der Waals surface area contributed by atoms with Crippen LogP contribution in [0.4, 0.5) is 0 Å². The summed E-state index contributed by atoms with van der Waals surface area (Å²) in [6.07, 6.45) is 9.14. The first-order valence-electron chi connectivity index (χ1n) is 9.20. The molecule has 7 nitrogen and oxygen atoms in total. The number of cyclic esters (lactones) is 1. The molecule has 2 rings (SSSR count). The van der Waals surface area contributed by atoms with Crippen molar-refractivity contribution in [2.45, 2.75) is 58.8 Å².